The van der Waals surface area contributed by atoms with Crippen LogP contribution < -0.4 is 15.0 Å². The van der Waals surface area contributed by atoms with Crippen LogP contribution in [0, 0.1) is 0 Å². The van der Waals surface area contributed by atoms with E-state index < -0.39 is 5.60 Å². The summed E-state index contributed by atoms with van der Waals surface area (Å²) in [5, 5.41) is 3.52. The van der Waals surface area contributed by atoms with Crippen LogP contribution in [0.15, 0.2) is 42.5 Å². The molecule has 0 aliphatic carbocycles. The van der Waals surface area contributed by atoms with Gasteiger partial charge in [-0.25, -0.2) is 0 Å². The van der Waals surface area contributed by atoms with E-state index in [1.165, 1.54) is 0 Å². The van der Waals surface area contributed by atoms with Gasteiger partial charge in [0, 0.05) is 16.1 Å². The Balaban J connectivity index is 2.03. The summed E-state index contributed by atoms with van der Waals surface area (Å²) in [5.74, 6) is 0.169. The first-order valence-electron chi connectivity index (χ1n) is 9.19. The van der Waals surface area contributed by atoms with E-state index in [4.69, 9.17) is 16.3 Å². The van der Waals surface area contributed by atoms with Crippen molar-refractivity contribution in [2.45, 2.75) is 52.3 Å². The summed E-state index contributed by atoms with van der Waals surface area (Å²) < 4.78 is 5.91. The van der Waals surface area contributed by atoms with Crippen LogP contribution >= 0.6 is 11.6 Å². The number of hydrogen-bond donors (Lipinski definition) is 1. The summed E-state index contributed by atoms with van der Waals surface area (Å²) >= 11 is 6.31. The monoisotopic (exact) mass is 400 g/mol. The zero-order valence-corrected chi connectivity index (χ0v) is 17.6. The molecule has 6 heteroatoms. The van der Waals surface area contributed by atoms with Crippen LogP contribution in [-0.4, -0.2) is 23.0 Å². The third kappa shape index (κ3) is 4.14. The van der Waals surface area contributed by atoms with Crippen LogP contribution in [0.5, 0.6) is 5.75 Å². The Bertz CT molecular complexity index is 932. The Kier molecular flexibility index (Phi) is 5.15. The molecule has 3 rings (SSSR count). The number of fused-ring (bicyclic) bond motifs is 1. The van der Waals surface area contributed by atoms with Gasteiger partial charge in [-0.3, -0.25) is 9.59 Å². The molecule has 0 bridgehead atoms. The maximum atomic E-state index is 13.1. The smallest absolute Gasteiger partial charge is 0.271 e. The van der Waals surface area contributed by atoms with Crippen LogP contribution in [-0.2, 0) is 11.3 Å². The summed E-state index contributed by atoms with van der Waals surface area (Å²) in [7, 11) is 0. The van der Waals surface area contributed by atoms with E-state index in [0.717, 1.165) is 5.56 Å². The molecule has 1 aliphatic heterocycles. The van der Waals surface area contributed by atoms with Gasteiger partial charge in [0.05, 0.1) is 12.2 Å². The second-order valence-electron chi connectivity index (χ2n) is 8.48. The molecule has 0 saturated carbocycles. The third-order valence-corrected chi connectivity index (χ3v) is 4.78. The summed E-state index contributed by atoms with van der Waals surface area (Å²) in [5.41, 5.74) is 0.479. The highest BCUT2D eigenvalue weighted by Gasteiger charge is 2.41. The van der Waals surface area contributed by atoms with Gasteiger partial charge in [0.25, 0.3) is 11.8 Å². The Hall–Kier alpha value is -2.53. The van der Waals surface area contributed by atoms with Crippen molar-refractivity contribution in [1.82, 2.24) is 5.32 Å². The number of anilines is 1. The molecule has 5 nitrogen and oxygen atoms in total. The van der Waals surface area contributed by atoms with Crippen molar-refractivity contribution in [3.8, 4) is 5.75 Å². The van der Waals surface area contributed by atoms with Gasteiger partial charge in [-0.1, -0.05) is 29.8 Å². The van der Waals surface area contributed by atoms with E-state index in [9.17, 15) is 9.59 Å². The standard InChI is InChI=1S/C22H25ClN2O3/c1-21(2,3)24-19(26)14-10-11-18-17(12-14)25(20(27)22(4,5)28-18)13-15-8-6-7-9-16(15)23/h6-12H,13H2,1-5H3,(H,24,26). The molecule has 0 saturated heterocycles. The van der Waals surface area contributed by atoms with Crippen LogP contribution in [0.1, 0.15) is 50.5 Å². The molecule has 1 heterocycles. The lowest BCUT2D eigenvalue weighted by Gasteiger charge is -2.39. The summed E-state index contributed by atoms with van der Waals surface area (Å²) in [6.45, 7) is 9.52. The highest BCUT2D eigenvalue weighted by molar-refractivity contribution is 6.31. The van der Waals surface area contributed by atoms with E-state index in [-0.39, 0.29) is 17.4 Å². The van der Waals surface area contributed by atoms with Crippen molar-refractivity contribution in [3.63, 3.8) is 0 Å². The summed E-state index contributed by atoms with van der Waals surface area (Å²) in [6.07, 6.45) is 0. The van der Waals surface area contributed by atoms with Gasteiger partial charge in [-0.2, -0.15) is 0 Å². The van der Waals surface area contributed by atoms with Gasteiger partial charge in [-0.15, -0.1) is 0 Å². The maximum absolute atomic E-state index is 13.1. The molecule has 2 amide bonds. The summed E-state index contributed by atoms with van der Waals surface area (Å²) in [4.78, 5) is 27.3. The number of carbonyl (C=O) groups is 2. The lowest BCUT2D eigenvalue weighted by atomic mass is 10.0. The molecular weight excluding hydrogens is 376 g/mol. The van der Waals surface area contributed by atoms with E-state index in [2.05, 4.69) is 5.32 Å². The number of rotatable bonds is 3. The average molecular weight is 401 g/mol. The van der Waals surface area contributed by atoms with Gasteiger partial charge in [0.2, 0.25) is 0 Å². The molecule has 28 heavy (non-hydrogen) atoms. The molecule has 0 spiro atoms. The topological polar surface area (TPSA) is 58.6 Å². The highest BCUT2D eigenvalue weighted by Crippen LogP contribution is 2.39. The molecule has 0 aromatic heterocycles. The predicted molar refractivity (Wildman–Crippen MR) is 111 cm³/mol. The minimum atomic E-state index is -1.01. The fraction of sp³-hybridized carbons (Fsp3) is 0.364. The quantitative estimate of drug-likeness (QED) is 0.820. The zero-order valence-electron chi connectivity index (χ0n) is 16.8. The molecule has 2 aromatic carbocycles. The summed E-state index contributed by atoms with van der Waals surface area (Å²) in [6, 6.07) is 12.5. The number of carbonyl (C=O) groups excluding carboxylic acids is 2. The number of halogens is 1. The normalized spacial score (nSPS) is 15.6. The number of benzene rings is 2. The van der Waals surface area contributed by atoms with E-state index in [1.54, 1.807) is 43.0 Å². The lowest BCUT2D eigenvalue weighted by Crippen LogP contribution is -2.52. The molecule has 0 unspecified atom stereocenters. The lowest BCUT2D eigenvalue weighted by molar-refractivity contribution is -0.132. The third-order valence-electron chi connectivity index (χ3n) is 4.41. The average Bonchev–Trinajstić information content (AvgIpc) is 2.58. The van der Waals surface area contributed by atoms with Crippen LogP contribution in [0.4, 0.5) is 5.69 Å². The number of amides is 2. The van der Waals surface area contributed by atoms with E-state index in [1.807, 2.05) is 39.0 Å². The highest BCUT2D eigenvalue weighted by atomic mass is 35.5. The molecule has 2 aromatic rings. The van der Waals surface area contributed by atoms with Crippen molar-refractivity contribution >= 4 is 29.1 Å². The van der Waals surface area contributed by atoms with Crippen molar-refractivity contribution < 1.29 is 14.3 Å². The van der Waals surface area contributed by atoms with Crippen molar-refractivity contribution in [2.75, 3.05) is 4.90 Å². The molecule has 148 valence electrons. The SMILES string of the molecule is CC(C)(C)NC(=O)c1ccc2c(c1)N(Cc1ccccc1Cl)C(=O)C(C)(C)O2. The zero-order chi connectivity index (χ0) is 20.7. The minimum absolute atomic E-state index is 0.187. The molecule has 0 atom stereocenters. The van der Waals surface area contributed by atoms with Crippen LogP contribution in [0.3, 0.4) is 0 Å². The van der Waals surface area contributed by atoms with Gasteiger partial charge >= 0.3 is 0 Å². The Labute approximate surface area is 170 Å². The van der Waals surface area contributed by atoms with Crippen molar-refractivity contribution in [1.29, 1.82) is 0 Å². The number of nitrogens with zero attached hydrogens (tertiary/aromatic N) is 1. The fourth-order valence-electron chi connectivity index (χ4n) is 3.08. The van der Waals surface area contributed by atoms with Gasteiger partial charge in [-0.05, 0) is 64.4 Å². The first-order valence-corrected chi connectivity index (χ1v) is 9.57. The number of nitrogens with one attached hydrogen (secondary N) is 1. The Morgan fingerprint density at radius 3 is 2.50 bits per heavy atom. The maximum Gasteiger partial charge on any atom is 0.271 e. The second kappa shape index (κ2) is 7.13. The first-order chi connectivity index (χ1) is 13.0. The number of hydrogen-bond acceptors (Lipinski definition) is 3. The van der Waals surface area contributed by atoms with Crippen LogP contribution in [0.25, 0.3) is 0 Å². The van der Waals surface area contributed by atoms with Crippen molar-refractivity contribution in [2.24, 2.45) is 0 Å². The Morgan fingerprint density at radius 1 is 1.18 bits per heavy atom. The number of ether oxygens (including phenoxy) is 1. The molecular formula is C22H25ClN2O3. The minimum Gasteiger partial charge on any atom is -0.476 e. The Morgan fingerprint density at radius 2 is 1.86 bits per heavy atom. The molecule has 1 N–H and O–H groups in total. The molecule has 0 radical (unpaired) electrons. The largest absolute Gasteiger partial charge is 0.476 e. The van der Waals surface area contributed by atoms with Gasteiger partial charge in [0.1, 0.15) is 5.75 Å². The van der Waals surface area contributed by atoms with Crippen LogP contribution in [0.2, 0.25) is 5.02 Å². The second-order valence-corrected chi connectivity index (χ2v) is 8.89. The molecule has 1 aliphatic rings. The van der Waals surface area contributed by atoms with Gasteiger partial charge < -0.3 is 15.0 Å². The van der Waals surface area contributed by atoms with Crippen molar-refractivity contribution in [3.05, 3.63) is 58.6 Å². The first kappa shape index (κ1) is 20.2. The fourth-order valence-corrected chi connectivity index (χ4v) is 3.27. The predicted octanol–water partition coefficient (Wildman–Crippen LogP) is 4.57. The van der Waals surface area contributed by atoms with Gasteiger partial charge in [0.15, 0.2) is 5.60 Å². The van der Waals surface area contributed by atoms with E-state index >= 15 is 0 Å². The van der Waals surface area contributed by atoms with E-state index in [0.29, 0.717) is 28.6 Å². The molecule has 0 fully saturated rings.